The van der Waals surface area contributed by atoms with E-state index in [1.807, 2.05) is 0 Å². The summed E-state index contributed by atoms with van der Waals surface area (Å²) in [6.45, 7) is 5.46. The van der Waals surface area contributed by atoms with E-state index in [1.165, 1.54) is 25.7 Å². The number of carboxylic acids is 4. The third-order valence-corrected chi connectivity index (χ3v) is 8.63. The summed E-state index contributed by atoms with van der Waals surface area (Å²) in [6, 6.07) is -1.65. The zero-order valence-corrected chi connectivity index (χ0v) is 39.7. The van der Waals surface area contributed by atoms with Crippen LogP contribution in [-0.4, -0.2) is 82.3 Å². The molecule has 0 saturated carbocycles. The normalized spacial score (nSPS) is 12.2. The molecule has 348 valence electrons. The molecule has 10 N–H and O–H groups in total. The fraction of sp³-hybridized carbons (Fsp3) is 0.667. The molecule has 0 bridgehead atoms. The molecular formula is C48H86MgN4O8. The van der Waals surface area contributed by atoms with Crippen molar-refractivity contribution in [3.05, 3.63) is 72.9 Å². The zero-order valence-electron chi connectivity index (χ0n) is 38.2. The summed E-state index contributed by atoms with van der Waals surface area (Å²) in [4.78, 5) is 40.7. The van der Waals surface area contributed by atoms with Crippen LogP contribution in [0.2, 0.25) is 0 Å². The van der Waals surface area contributed by atoms with Crippen LogP contribution in [0.1, 0.15) is 181 Å². The fourth-order valence-electron chi connectivity index (χ4n) is 5.04. The van der Waals surface area contributed by atoms with E-state index in [2.05, 4.69) is 86.8 Å². The van der Waals surface area contributed by atoms with Gasteiger partial charge < -0.3 is 52.9 Å². The molecule has 2 atom stereocenters. The number of nitrogens with two attached hydrogens (primary N) is 4. The smallest absolute Gasteiger partial charge is 0.548 e. The van der Waals surface area contributed by atoms with Gasteiger partial charge in [-0.05, 0) is 116 Å². The Morgan fingerprint density at radius 2 is 0.721 bits per heavy atom. The molecule has 0 radical (unpaired) electrons. The minimum Gasteiger partial charge on any atom is -0.548 e. The summed E-state index contributed by atoms with van der Waals surface area (Å²) < 4.78 is 0. The summed E-state index contributed by atoms with van der Waals surface area (Å²) in [5.74, 6) is -3.72. The van der Waals surface area contributed by atoms with Crippen LogP contribution in [0.4, 0.5) is 0 Å². The van der Waals surface area contributed by atoms with E-state index < -0.39 is 36.0 Å². The Hall–Kier alpha value is -3.07. The van der Waals surface area contributed by atoms with Crippen LogP contribution in [0.15, 0.2) is 72.9 Å². The number of aliphatic carboxylic acids is 4. The van der Waals surface area contributed by atoms with Crippen molar-refractivity contribution >= 4 is 46.9 Å². The molecule has 0 heterocycles. The van der Waals surface area contributed by atoms with E-state index >= 15 is 0 Å². The maximum atomic E-state index is 10.3. The molecule has 13 heteroatoms. The first kappa shape index (κ1) is 67.0. The van der Waals surface area contributed by atoms with Crippen molar-refractivity contribution in [1.29, 1.82) is 0 Å². The molecule has 0 unspecified atom stereocenters. The molecule has 0 aliphatic carbocycles. The first-order valence-corrected chi connectivity index (χ1v) is 22.6. The fourth-order valence-corrected chi connectivity index (χ4v) is 5.04. The summed E-state index contributed by atoms with van der Waals surface area (Å²) in [7, 11) is 0. The Balaban J connectivity index is -0.000000239. The SMILES string of the molecule is CC/C=C\C/C=C\C/C=C\CCCCCCCC(=O)O.CC/C=C\C/C=C\C/C=C\CCCCCCCC(=O)O.NCCCC[C@H](N)C(=O)[O-].NCCCC[C@H](N)C(=O)[O-].[Mg+2]. The zero-order chi connectivity index (χ0) is 45.7. The van der Waals surface area contributed by atoms with Crippen molar-refractivity contribution in [3.63, 3.8) is 0 Å². The third-order valence-electron chi connectivity index (χ3n) is 8.63. The predicted octanol–water partition coefficient (Wildman–Crippen LogP) is 7.33. The molecule has 0 aliphatic rings. The molecule has 0 saturated heterocycles. The molecule has 0 aromatic heterocycles. The Morgan fingerprint density at radius 3 is 1.00 bits per heavy atom. The molecule has 12 nitrogen and oxygen atoms in total. The van der Waals surface area contributed by atoms with Gasteiger partial charge in [0.2, 0.25) is 0 Å². The molecule has 0 spiro atoms. The van der Waals surface area contributed by atoms with Crippen LogP contribution < -0.4 is 33.1 Å². The van der Waals surface area contributed by atoms with Crippen molar-refractivity contribution in [2.24, 2.45) is 22.9 Å². The molecular weight excluding hydrogens is 785 g/mol. The van der Waals surface area contributed by atoms with Crippen molar-refractivity contribution < 1.29 is 39.6 Å². The molecule has 0 aliphatic heterocycles. The Labute approximate surface area is 386 Å². The Morgan fingerprint density at radius 1 is 0.443 bits per heavy atom. The topological polar surface area (TPSA) is 259 Å². The Kier molecular flexibility index (Phi) is 64.8. The van der Waals surface area contributed by atoms with Gasteiger partial charge in [-0.3, -0.25) is 9.59 Å². The summed E-state index contributed by atoms with van der Waals surface area (Å²) in [5.41, 5.74) is 20.7. The number of hydrogen-bond donors (Lipinski definition) is 6. The van der Waals surface area contributed by atoms with Gasteiger partial charge in [-0.1, -0.05) is 138 Å². The predicted molar refractivity (Wildman–Crippen MR) is 251 cm³/mol. The van der Waals surface area contributed by atoms with Crippen LogP contribution in [0.5, 0.6) is 0 Å². The van der Waals surface area contributed by atoms with Crippen LogP contribution in [0.3, 0.4) is 0 Å². The number of carbonyl (C=O) groups is 4. The van der Waals surface area contributed by atoms with Gasteiger partial charge in [-0.2, -0.15) is 0 Å². The van der Waals surface area contributed by atoms with Crippen molar-refractivity contribution in [3.8, 4) is 0 Å². The van der Waals surface area contributed by atoms with Crippen molar-refractivity contribution in [2.75, 3.05) is 13.1 Å². The van der Waals surface area contributed by atoms with E-state index in [9.17, 15) is 29.4 Å². The second-order valence-corrected chi connectivity index (χ2v) is 14.4. The average Bonchev–Trinajstić information content (AvgIpc) is 3.21. The minimum absolute atomic E-state index is 0. The first-order valence-electron chi connectivity index (χ1n) is 22.6. The minimum atomic E-state index is -1.18. The van der Waals surface area contributed by atoms with Gasteiger partial charge in [0.25, 0.3) is 0 Å². The first-order chi connectivity index (χ1) is 28.9. The third kappa shape index (κ3) is 71.7. The van der Waals surface area contributed by atoms with Crippen LogP contribution in [0.25, 0.3) is 0 Å². The maximum absolute atomic E-state index is 10.3. The van der Waals surface area contributed by atoms with Crippen LogP contribution in [0, 0.1) is 0 Å². The molecule has 61 heavy (non-hydrogen) atoms. The van der Waals surface area contributed by atoms with Gasteiger partial charge in [-0.15, -0.1) is 0 Å². The van der Waals surface area contributed by atoms with E-state index in [1.54, 1.807) is 0 Å². The monoisotopic (exact) mass is 871 g/mol. The second kappa shape index (κ2) is 59.0. The van der Waals surface area contributed by atoms with Gasteiger partial charge in [0.15, 0.2) is 0 Å². The van der Waals surface area contributed by atoms with Crippen molar-refractivity contribution in [2.45, 2.75) is 193 Å². The van der Waals surface area contributed by atoms with Gasteiger partial charge in [0.1, 0.15) is 0 Å². The van der Waals surface area contributed by atoms with Gasteiger partial charge in [0, 0.05) is 24.9 Å². The number of allylic oxidation sites excluding steroid dienone is 12. The van der Waals surface area contributed by atoms with Gasteiger partial charge >= 0.3 is 35.0 Å². The van der Waals surface area contributed by atoms with E-state index in [-0.39, 0.29) is 23.1 Å². The molecule has 0 aromatic carbocycles. The number of rotatable bonds is 36. The largest absolute Gasteiger partial charge is 2.00 e. The number of unbranched alkanes of at least 4 members (excludes halogenated alkanes) is 12. The Bertz CT molecular complexity index is 1070. The van der Waals surface area contributed by atoms with Gasteiger partial charge in [0.05, 0.1) is 11.9 Å². The molecule has 0 amide bonds. The quantitative estimate of drug-likeness (QED) is 0.0206. The molecule has 0 aromatic rings. The van der Waals surface area contributed by atoms with E-state index in [0.717, 1.165) is 116 Å². The van der Waals surface area contributed by atoms with E-state index in [4.69, 9.17) is 33.1 Å². The van der Waals surface area contributed by atoms with E-state index in [0.29, 0.717) is 38.8 Å². The summed E-state index contributed by atoms with van der Waals surface area (Å²) >= 11 is 0. The maximum Gasteiger partial charge on any atom is 2.00 e. The summed E-state index contributed by atoms with van der Waals surface area (Å²) in [6.07, 6.45) is 50.8. The number of hydrogen-bond acceptors (Lipinski definition) is 10. The summed E-state index contributed by atoms with van der Waals surface area (Å²) in [5, 5.41) is 37.1. The second-order valence-electron chi connectivity index (χ2n) is 14.4. The van der Waals surface area contributed by atoms with Crippen LogP contribution in [-0.2, 0) is 19.2 Å². The van der Waals surface area contributed by atoms with Gasteiger partial charge in [-0.25, -0.2) is 0 Å². The number of carbonyl (C=O) groups excluding carboxylic acids is 2. The molecule has 0 fully saturated rings. The average molecular weight is 872 g/mol. The van der Waals surface area contributed by atoms with Crippen molar-refractivity contribution in [1.82, 2.24) is 0 Å². The van der Waals surface area contributed by atoms with Crippen LogP contribution >= 0.6 is 0 Å². The number of carboxylic acid groups (broad SMARTS) is 4. The molecule has 0 rings (SSSR count). The standard InChI is InChI=1S/2C18H30O2.2C6H14N2O2.Mg/c2*1-2-3-4-5-6-7-8-9-10-11-12-13-14-15-16-17-18(19)20;2*7-4-2-1-3-5(8)6(9)10;/h2*3-4,6-7,9-10H,2,5,8,11-17H2,1H3,(H,19,20);2*5H,1-4,7-8H2,(H,9,10);/q;;;;+2/p-2/b2*4-3-,7-6-,10-9-;;;/t;;2*5-;/m..00./s1.